The Kier molecular flexibility index (Phi) is 6.22. The molecule has 1 aliphatic rings. The molecule has 2 aromatic rings. The normalized spacial score (nSPS) is 16.7. The predicted molar refractivity (Wildman–Crippen MR) is 98.2 cm³/mol. The number of pyridine rings is 1. The van der Waals surface area contributed by atoms with Gasteiger partial charge in [-0.15, -0.1) is 0 Å². The first kappa shape index (κ1) is 18.4. The van der Waals surface area contributed by atoms with Crippen LogP contribution >= 0.6 is 11.8 Å². The molecule has 0 radical (unpaired) electrons. The van der Waals surface area contributed by atoms with Gasteiger partial charge in [0.2, 0.25) is 11.8 Å². The summed E-state index contributed by atoms with van der Waals surface area (Å²) in [6.45, 7) is 1.08. The summed E-state index contributed by atoms with van der Waals surface area (Å²) in [5.74, 6) is -0.0527. The van der Waals surface area contributed by atoms with Crippen molar-refractivity contribution in [3.63, 3.8) is 0 Å². The number of halogens is 1. The maximum Gasteiger partial charge on any atom is 0.230 e. The molecule has 1 aliphatic heterocycles. The number of thioether (sulfide) groups is 1. The number of nitrogens with zero attached hydrogens (tertiary/aromatic N) is 2. The Hall–Kier alpha value is -2.41. The van der Waals surface area contributed by atoms with Crippen LogP contribution in [0.25, 0.3) is 0 Å². The van der Waals surface area contributed by atoms with Crippen LogP contribution in [0.4, 0.5) is 4.39 Å². The van der Waals surface area contributed by atoms with Gasteiger partial charge in [-0.3, -0.25) is 9.59 Å². The van der Waals surface area contributed by atoms with Gasteiger partial charge in [0, 0.05) is 25.7 Å². The summed E-state index contributed by atoms with van der Waals surface area (Å²) >= 11 is 1.37. The van der Waals surface area contributed by atoms with E-state index in [2.05, 4.69) is 10.3 Å². The predicted octanol–water partition coefficient (Wildman–Crippen LogP) is 2.27. The fraction of sp³-hybridized carbons (Fsp3) is 0.316. The monoisotopic (exact) mass is 373 g/mol. The molecule has 0 aliphatic carbocycles. The molecule has 0 bridgehead atoms. The van der Waals surface area contributed by atoms with Crippen molar-refractivity contribution in [2.24, 2.45) is 0 Å². The molecule has 1 N–H and O–H groups in total. The highest BCUT2D eigenvalue weighted by Crippen LogP contribution is 2.15. The molecule has 136 valence electrons. The number of nitrogens with one attached hydrogen (secondary N) is 1. The van der Waals surface area contributed by atoms with Gasteiger partial charge in [-0.1, -0.05) is 30.0 Å². The summed E-state index contributed by atoms with van der Waals surface area (Å²) in [5, 5.41) is 3.71. The second-order valence-corrected chi connectivity index (χ2v) is 7.14. The molecule has 1 aromatic carbocycles. The quantitative estimate of drug-likeness (QED) is 0.757. The number of hydrogen-bond donors (Lipinski definition) is 1. The molecular weight excluding hydrogens is 353 g/mol. The number of hydrogen-bond acceptors (Lipinski definition) is 4. The summed E-state index contributed by atoms with van der Waals surface area (Å²) < 4.78 is 12.9. The van der Waals surface area contributed by atoms with Crippen LogP contribution in [-0.4, -0.2) is 46.6 Å². The number of aromatic nitrogens is 1. The number of benzene rings is 1. The van der Waals surface area contributed by atoms with E-state index >= 15 is 0 Å². The Balaban J connectivity index is 1.42. The number of carbonyl (C=O) groups is 2. The molecule has 1 saturated heterocycles. The first-order chi connectivity index (χ1) is 12.6. The van der Waals surface area contributed by atoms with Gasteiger partial charge in [0.15, 0.2) is 0 Å². The third kappa shape index (κ3) is 5.29. The molecular formula is C19H20FN3O2S. The molecule has 0 unspecified atom stereocenters. The third-order valence-electron chi connectivity index (χ3n) is 4.15. The topological polar surface area (TPSA) is 62.3 Å². The highest BCUT2D eigenvalue weighted by atomic mass is 32.2. The first-order valence-electron chi connectivity index (χ1n) is 8.45. The number of rotatable bonds is 7. The highest BCUT2D eigenvalue weighted by Gasteiger charge is 2.30. The van der Waals surface area contributed by atoms with Crippen LogP contribution in [0, 0.1) is 5.82 Å². The Morgan fingerprint density at radius 3 is 2.81 bits per heavy atom. The van der Waals surface area contributed by atoms with E-state index in [9.17, 15) is 14.0 Å². The van der Waals surface area contributed by atoms with Gasteiger partial charge >= 0.3 is 0 Å². The zero-order valence-corrected chi connectivity index (χ0v) is 15.0. The second-order valence-electron chi connectivity index (χ2n) is 6.14. The molecule has 1 atom stereocenters. The van der Waals surface area contributed by atoms with Crippen molar-refractivity contribution in [3.05, 3.63) is 60.0 Å². The zero-order valence-electron chi connectivity index (χ0n) is 14.2. The first-order valence-corrected chi connectivity index (χ1v) is 9.44. The van der Waals surface area contributed by atoms with Crippen LogP contribution in [-0.2, 0) is 16.0 Å². The molecule has 26 heavy (non-hydrogen) atoms. The Bertz CT molecular complexity index is 755. The molecule has 5 nitrogen and oxygen atoms in total. The fourth-order valence-corrected chi connectivity index (χ4v) is 3.51. The average molecular weight is 373 g/mol. The minimum Gasteiger partial charge on any atom is -0.350 e. The molecule has 2 amide bonds. The summed E-state index contributed by atoms with van der Waals surface area (Å²) in [6.07, 6.45) is 2.68. The van der Waals surface area contributed by atoms with E-state index in [1.54, 1.807) is 23.2 Å². The van der Waals surface area contributed by atoms with Crippen LogP contribution in [0.2, 0.25) is 0 Å². The lowest BCUT2D eigenvalue weighted by atomic mass is 10.1. The Morgan fingerprint density at radius 2 is 2.08 bits per heavy atom. The Labute approximate surface area is 156 Å². The Morgan fingerprint density at radius 1 is 1.27 bits per heavy atom. The van der Waals surface area contributed by atoms with Crippen molar-refractivity contribution in [2.75, 3.05) is 18.8 Å². The van der Waals surface area contributed by atoms with Crippen LogP contribution in [0.15, 0.2) is 53.7 Å². The summed E-state index contributed by atoms with van der Waals surface area (Å²) in [5.41, 5.74) is 0.985. The summed E-state index contributed by atoms with van der Waals surface area (Å²) in [4.78, 5) is 30.1. The molecule has 1 aromatic heterocycles. The summed E-state index contributed by atoms with van der Waals surface area (Å²) in [6, 6.07) is 11.7. The SMILES string of the molecule is O=C(CSc1ccccn1)N[C@H]1CC(=O)N(CCc2ccc(F)cc2)C1. The van der Waals surface area contributed by atoms with Gasteiger partial charge in [0.05, 0.1) is 16.8 Å². The lowest BCUT2D eigenvalue weighted by Crippen LogP contribution is -2.38. The molecule has 0 spiro atoms. The van der Waals surface area contributed by atoms with Gasteiger partial charge in [0.25, 0.3) is 0 Å². The lowest BCUT2D eigenvalue weighted by molar-refractivity contribution is -0.127. The van der Waals surface area contributed by atoms with E-state index in [1.165, 1.54) is 23.9 Å². The lowest BCUT2D eigenvalue weighted by Gasteiger charge is -2.17. The maximum atomic E-state index is 12.9. The second kappa shape index (κ2) is 8.80. The van der Waals surface area contributed by atoms with Gasteiger partial charge in [-0.25, -0.2) is 9.37 Å². The third-order valence-corrected chi connectivity index (χ3v) is 5.10. The fourth-order valence-electron chi connectivity index (χ4n) is 2.84. The molecule has 3 rings (SSSR count). The van der Waals surface area contributed by atoms with Gasteiger partial charge in [0.1, 0.15) is 5.82 Å². The number of likely N-dealkylation sites (tertiary alicyclic amines) is 1. The van der Waals surface area contributed by atoms with E-state index < -0.39 is 0 Å². The number of amides is 2. The summed E-state index contributed by atoms with van der Waals surface area (Å²) in [7, 11) is 0. The van der Waals surface area contributed by atoms with Gasteiger partial charge in [-0.05, 0) is 36.2 Å². The van der Waals surface area contributed by atoms with E-state index in [0.717, 1.165) is 10.6 Å². The van der Waals surface area contributed by atoms with Crippen LogP contribution in [0.1, 0.15) is 12.0 Å². The van der Waals surface area contributed by atoms with Crippen molar-refractivity contribution < 1.29 is 14.0 Å². The zero-order chi connectivity index (χ0) is 18.4. The van der Waals surface area contributed by atoms with Crippen LogP contribution < -0.4 is 5.32 Å². The largest absolute Gasteiger partial charge is 0.350 e. The van der Waals surface area contributed by atoms with Crippen molar-refractivity contribution in [2.45, 2.75) is 23.9 Å². The van der Waals surface area contributed by atoms with Gasteiger partial charge in [-0.2, -0.15) is 0 Å². The molecule has 0 saturated carbocycles. The highest BCUT2D eigenvalue weighted by molar-refractivity contribution is 7.99. The van der Waals surface area contributed by atoms with Crippen LogP contribution in [0.5, 0.6) is 0 Å². The molecule has 1 fully saturated rings. The van der Waals surface area contributed by atoms with E-state index in [1.807, 2.05) is 18.2 Å². The maximum absolute atomic E-state index is 12.9. The smallest absolute Gasteiger partial charge is 0.230 e. The number of carbonyl (C=O) groups excluding carboxylic acids is 2. The van der Waals surface area contributed by atoms with Gasteiger partial charge < -0.3 is 10.2 Å². The van der Waals surface area contributed by atoms with Crippen molar-refractivity contribution in [1.82, 2.24) is 15.2 Å². The average Bonchev–Trinajstić information content (AvgIpc) is 2.99. The van der Waals surface area contributed by atoms with Crippen LogP contribution in [0.3, 0.4) is 0 Å². The minimum absolute atomic E-state index is 0.0368. The van der Waals surface area contributed by atoms with Crippen molar-refractivity contribution in [3.8, 4) is 0 Å². The standard InChI is InChI=1S/C19H20FN3O2S/c20-15-6-4-14(5-7-15)8-10-23-12-16(11-19(23)25)22-17(24)13-26-18-3-1-2-9-21-18/h1-7,9,16H,8,10-13H2,(H,22,24)/t16-/m0/s1. The van der Waals surface area contributed by atoms with E-state index in [-0.39, 0.29) is 29.4 Å². The molecule has 2 heterocycles. The van der Waals surface area contributed by atoms with Crippen molar-refractivity contribution in [1.29, 1.82) is 0 Å². The van der Waals surface area contributed by atoms with E-state index in [4.69, 9.17) is 0 Å². The minimum atomic E-state index is -0.266. The molecule has 7 heteroatoms. The van der Waals surface area contributed by atoms with E-state index in [0.29, 0.717) is 25.9 Å². The van der Waals surface area contributed by atoms with Crippen molar-refractivity contribution >= 4 is 23.6 Å².